The number of para-hydroxylation sites is 1. The minimum absolute atomic E-state index is 0.230. The molecular formula is C22H19N3O4. The van der Waals surface area contributed by atoms with Crippen LogP contribution in [0.5, 0.6) is 0 Å². The van der Waals surface area contributed by atoms with E-state index in [0.717, 1.165) is 5.52 Å². The van der Waals surface area contributed by atoms with Crippen molar-refractivity contribution in [2.75, 3.05) is 20.7 Å². The summed E-state index contributed by atoms with van der Waals surface area (Å²) in [5, 5.41) is 15.6. The molecule has 0 unspecified atom stereocenters. The number of rotatable bonds is 2. The smallest absolute Gasteiger partial charge is 0.359 e. The van der Waals surface area contributed by atoms with Gasteiger partial charge in [0, 0.05) is 31.0 Å². The SMILES string of the molecule is COC(=O)c1nn(-c2cccc(C#C[C@]3(O)CCN(C)C3=O)c2)c2ccccc12. The predicted molar refractivity (Wildman–Crippen MR) is 106 cm³/mol. The van der Waals surface area contributed by atoms with Gasteiger partial charge in [-0.1, -0.05) is 36.1 Å². The van der Waals surface area contributed by atoms with Gasteiger partial charge < -0.3 is 14.7 Å². The van der Waals surface area contributed by atoms with E-state index in [4.69, 9.17) is 4.74 Å². The number of hydrogen-bond acceptors (Lipinski definition) is 5. The highest BCUT2D eigenvalue weighted by molar-refractivity contribution is 6.02. The van der Waals surface area contributed by atoms with E-state index in [2.05, 4.69) is 16.9 Å². The average Bonchev–Trinajstić information content (AvgIpc) is 3.26. The van der Waals surface area contributed by atoms with E-state index in [1.54, 1.807) is 29.9 Å². The fourth-order valence-electron chi connectivity index (χ4n) is 3.37. The Labute approximate surface area is 167 Å². The van der Waals surface area contributed by atoms with Crippen LogP contribution in [0.4, 0.5) is 0 Å². The molecule has 1 aliphatic rings. The van der Waals surface area contributed by atoms with Crippen LogP contribution in [0.1, 0.15) is 22.5 Å². The Balaban J connectivity index is 1.75. The quantitative estimate of drug-likeness (QED) is 0.533. The third-order valence-electron chi connectivity index (χ3n) is 4.98. The number of nitrogens with zero attached hydrogens (tertiary/aromatic N) is 3. The number of aromatic nitrogens is 2. The van der Waals surface area contributed by atoms with Gasteiger partial charge in [0.15, 0.2) is 5.69 Å². The summed E-state index contributed by atoms with van der Waals surface area (Å²) < 4.78 is 6.49. The zero-order valence-corrected chi connectivity index (χ0v) is 16.0. The molecule has 0 spiro atoms. The number of aliphatic hydroxyl groups is 1. The third-order valence-corrected chi connectivity index (χ3v) is 4.98. The Hall–Kier alpha value is -3.63. The standard InChI is InChI=1S/C22H19N3O4/c1-24-13-12-22(28,21(24)27)11-10-15-6-5-7-16(14-15)25-18-9-4-3-8-17(18)19(23-25)20(26)29-2/h3-9,14,28H,12-13H2,1-2H3/t22-/m0/s1. The molecule has 29 heavy (non-hydrogen) atoms. The highest BCUT2D eigenvalue weighted by Gasteiger charge is 2.42. The first-order valence-corrected chi connectivity index (χ1v) is 9.10. The highest BCUT2D eigenvalue weighted by Crippen LogP contribution is 2.24. The number of ether oxygens (including phenoxy) is 1. The van der Waals surface area contributed by atoms with E-state index >= 15 is 0 Å². The van der Waals surface area contributed by atoms with Gasteiger partial charge in [-0.05, 0) is 24.3 Å². The summed E-state index contributed by atoms with van der Waals surface area (Å²) in [5.74, 6) is 4.71. The lowest BCUT2D eigenvalue weighted by molar-refractivity contribution is -0.137. The monoisotopic (exact) mass is 389 g/mol. The fraction of sp³-hybridized carbons (Fsp3) is 0.227. The number of fused-ring (bicyclic) bond motifs is 1. The van der Waals surface area contributed by atoms with Crippen molar-refractivity contribution in [3.63, 3.8) is 0 Å². The molecule has 1 N–H and O–H groups in total. The van der Waals surface area contributed by atoms with Crippen molar-refractivity contribution in [3.05, 3.63) is 59.8 Å². The van der Waals surface area contributed by atoms with Crippen molar-refractivity contribution in [1.82, 2.24) is 14.7 Å². The van der Waals surface area contributed by atoms with E-state index in [9.17, 15) is 14.7 Å². The van der Waals surface area contributed by atoms with Gasteiger partial charge in [0.05, 0.1) is 18.3 Å². The number of methoxy groups -OCH3 is 1. The lowest BCUT2D eigenvalue weighted by atomic mass is 10.0. The van der Waals surface area contributed by atoms with Crippen LogP contribution < -0.4 is 0 Å². The van der Waals surface area contributed by atoms with Crippen LogP contribution in [0.2, 0.25) is 0 Å². The first-order chi connectivity index (χ1) is 13.9. The molecular weight excluding hydrogens is 370 g/mol. The summed E-state index contributed by atoms with van der Waals surface area (Å²) >= 11 is 0. The van der Waals surface area contributed by atoms with Gasteiger partial charge in [-0.2, -0.15) is 5.10 Å². The van der Waals surface area contributed by atoms with E-state index in [-0.39, 0.29) is 18.0 Å². The molecule has 7 nitrogen and oxygen atoms in total. The number of carbonyl (C=O) groups excluding carboxylic acids is 2. The normalized spacial score (nSPS) is 18.6. The molecule has 1 aliphatic heterocycles. The van der Waals surface area contributed by atoms with Crippen LogP contribution >= 0.6 is 0 Å². The summed E-state index contributed by atoms with van der Waals surface area (Å²) in [5.41, 5.74) is 0.654. The van der Waals surface area contributed by atoms with Gasteiger partial charge in [0.1, 0.15) is 0 Å². The summed E-state index contributed by atoms with van der Waals surface area (Å²) in [7, 11) is 2.96. The van der Waals surface area contributed by atoms with Gasteiger partial charge in [0.2, 0.25) is 5.60 Å². The minimum atomic E-state index is -1.65. The van der Waals surface area contributed by atoms with Crippen molar-refractivity contribution in [3.8, 4) is 17.5 Å². The Morgan fingerprint density at radius 1 is 1.24 bits per heavy atom. The Bertz CT molecular complexity index is 1190. The zero-order chi connectivity index (χ0) is 20.6. The van der Waals surface area contributed by atoms with Crippen molar-refractivity contribution < 1.29 is 19.4 Å². The molecule has 3 aromatic rings. The van der Waals surface area contributed by atoms with E-state index < -0.39 is 11.6 Å². The first kappa shape index (κ1) is 18.7. The van der Waals surface area contributed by atoms with E-state index in [1.807, 2.05) is 30.3 Å². The minimum Gasteiger partial charge on any atom is -0.464 e. The van der Waals surface area contributed by atoms with E-state index in [0.29, 0.717) is 23.2 Å². The molecule has 2 aromatic carbocycles. The second kappa shape index (κ2) is 7.08. The molecule has 7 heteroatoms. The molecule has 1 fully saturated rings. The van der Waals surface area contributed by atoms with Crippen molar-refractivity contribution in [2.24, 2.45) is 0 Å². The molecule has 1 amide bonds. The molecule has 2 heterocycles. The number of benzene rings is 2. The van der Waals surface area contributed by atoms with Crippen LogP contribution in [0, 0.1) is 11.8 Å². The van der Waals surface area contributed by atoms with Gasteiger partial charge in [0.25, 0.3) is 5.91 Å². The van der Waals surface area contributed by atoms with Crippen molar-refractivity contribution >= 4 is 22.8 Å². The molecule has 146 valence electrons. The molecule has 0 saturated carbocycles. The van der Waals surface area contributed by atoms with Gasteiger partial charge in [-0.3, -0.25) is 4.79 Å². The van der Waals surface area contributed by atoms with Gasteiger partial charge in [-0.15, -0.1) is 0 Å². The average molecular weight is 389 g/mol. The number of likely N-dealkylation sites (tertiary alicyclic amines) is 1. The van der Waals surface area contributed by atoms with Gasteiger partial charge >= 0.3 is 5.97 Å². The molecule has 0 aliphatic carbocycles. The lowest BCUT2D eigenvalue weighted by Crippen LogP contribution is -2.37. The Morgan fingerprint density at radius 2 is 2.03 bits per heavy atom. The van der Waals surface area contributed by atoms with Crippen molar-refractivity contribution in [1.29, 1.82) is 0 Å². The topological polar surface area (TPSA) is 84.7 Å². The summed E-state index contributed by atoms with van der Waals surface area (Å²) in [6, 6.07) is 14.6. The zero-order valence-electron chi connectivity index (χ0n) is 16.0. The van der Waals surface area contributed by atoms with Crippen molar-refractivity contribution in [2.45, 2.75) is 12.0 Å². The third kappa shape index (κ3) is 3.24. The van der Waals surface area contributed by atoms with Crippen LogP contribution in [-0.4, -0.2) is 58.0 Å². The number of esters is 1. The summed E-state index contributed by atoms with van der Waals surface area (Å²) in [6.45, 7) is 0.472. The second-order valence-electron chi connectivity index (χ2n) is 6.91. The largest absolute Gasteiger partial charge is 0.464 e. The molecule has 1 saturated heterocycles. The number of likely N-dealkylation sites (N-methyl/N-ethyl adjacent to an activating group) is 1. The second-order valence-corrected chi connectivity index (χ2v) is 6.91. The summed E-state index contributed by atoms with van der Waals surface area (Å²) in [6.07, 6.45) is 0.279. The van der Waals surface area contributed by atoms with Gasteiger partial charge in [-0.25, -0.2) is 9.48 Å². The molecule has 0 bridgehead atoms. The maximum atomic E-state index is 12.1. The first-order valence-electron chi connectivity index (χ1n) is 9.10. The molecule has 0 radical (unpaired) electrons. The number of amides is 1. The fourth-order valence-corrected chi connectivity index (χ4v) is 3.37. The maximum absolute atomic E-state index is 12.1. The summed E-state index contributed by atoms with van der Waals surface area (Å²) in [4.78, 5) is 25.7. The Morgan fingerprint density at radius 3 is 2.76 bits per heavy atom. The predicted octanol–water partition coefficient (Wildman–Crippen LogP) is 1.76. The maximum Gasteiger partial charge on any atom is 0.359 e. The number of carbonyl (C=O) groups is 2. The number of hydrogen-bond donors (Lipinski definition) is 1. The highest BCUT2D eigenvalue weighted by atomic mass is 16.5. The Kier molecular flexibility index (Phi) is 4.57. The van der Waals surface area contributed by atoms with Crippen LogP contribution in [0.25, 0.3) is 16.6 Å². The molecule has 4 rings (SSSR count). The van der Waals surface area contributed by atoms with E-state index in [1.165, 1.54) is 12.0 Å². The van der Waals surface area contributed by atoms with Crippen LogP contribution in [0.15, 0.2) is 48.5 Å². The molecule has 1 atom stereocenters. The van der Waals surface area contributed by atoms with Crippen LogP contribution in [0.3, 0.4) is 0 Å². The molecule has 1 aromatic heterocycles. The lowest BCUT2D eigenvalue weighted by Gasteiger charge is -2.13. The van der Waals surface area contributed by atoms with Crippen LogP contribution in [-0.2, 0) is 9.53 Å².